The van der Waals surface area contributed by atoms with Gasteiger partial charge >= 0.3 is 6.03 Å². The summed E-state index contributed by atoms with van der Waals surface area (Å²) < 4.78 is 0. The molecule has 5 heteroatoms. The molecule has 0 radical (unpaired) electrons. The Labute approximate surface area is 186 Å². The molecule has 5 nitrogen and oxygen atoms in total. The zero-order valence-electron chi connectivity index (χ0n) is 17.9. The molecule has 0 atom stereocenters. The number of carbonyl (C=O) groups excluding carboxylic acids is 3. The zero-order valence-corrected chi connectivity index (χ0v) is 17.9. The highest BCUT2D eigenvalue weighted by atomic mass is 16.2. The van der Waals surface area contributed by atoms with E-state index in [4.69, 9.17) is 0 Å². The van der Waals surface area contributed by atoms with Crippen LogP contribution in [-0.4, -0.2) is 17.8 Å². The average Bonchev–Trinajstić information content (AvgIpc) is 2.77. The molecule has 0 N–H and O–H groups in total. The second-order valence-electron chi connectivity index (χ2n) is 7.59. The van der Waals surface area contributed by atoms with E-state index in [1.165, 1.54) is 6.08 Å². The van der Waals surface area contributed by atoms with E-state index in [1.54, 1.807) is 48.6 Å². The number of aryl methyl sites for hydroxylation is 2. The molecule has 0 saturated carbocycles. The third-order valence-corrected chi connectivity index (χ3v) is 5.12. The molecule has 1 saturated heterocycles. The fourth-order valence-electron chi connectivity index (χ4n) is 3.56. The maximum absolute atomic E-state index is 13.4. The molecular formula is C27H22N2O3. The molecule has 4 amide bonds. The minimum Gasteiger partial charge on any atom is -0.268 e. The van der Waals surface area contributed by atoms with Crippen LogP contribution >= 0.6 is 0 Å². The van der Waals surface area contributed by atoms with Gasteiger partial charge in [-0.1, -0.05) is 66.7 Å². The molecule has 158 valence electrons. The summed E-state index contributed by atoms with van der Waals surface area (Å²) >= 11 is 0. The molecule has 1 aliphatic heterocycles. The Morgan fingerprint density at radius 3 is 1.69 bits per heavy atom. The van der Waals surface area contributed by atoms with E-state index < -0.39 is 17.8 Å². The second-order valence-corrected chi connectivity index (χ2v) is 7.59. The maximum atomic E-state index is 13.4. The molecule has 1 heterocycles. The maximum Gasteiger partial charge on any atom is 0.343 e. The molecule has 3 aromatic carbocycles. The topological polar surface area (TPSA) is 57.7 Å². The summed E-state index contributed by atoms with van der Waals surface area (Å²) in [5.74, 6) is -1.29. The van der Waals surface area contributed by atoms with Gasteiger partial charge in [-0.15, -0.1) is 0 Å². The molecule has 0 bridgehead atoms. The van der Waals surface area contributed by atoms with Crippen molar-refractivity contribution in [1.29, 1.82) is 0 Å². The van der Waals surface area contributed by atoms with Crippen LogP contribution in [0.1, 0.15) is 16.7 Å². The van der Waals surface area contributed by atoms with Gasteiger partial charge in [-0.05, 0) is 60.9 Å². The smallest absolute Gasteiger partial charge is 0.268 e. The molecule has 4 rings (SSSR count). The highest BCUT2D eigenvalue weighted by molar-refractivity contribution is 6.45. The van der Waals surface area contributed by atoms with E-state index in [1.807, 2.05) is 56.3 Å². The second kappa shape index (κ2) is 8.86. The predicted octanol–water partition coefficient (Wildman–Crippen LogP) is 5.44. The Kier molecular flexibility index (Phi) is 5.81. The molecule has 1 fully saturated rings. The van der Waals surface area contributed by atoms with Crippen LogP contribution in [0, 0.1) is 13.8 Å². The number of allylic oxidation sites excluding steroid dienone is 2. The number of nitrogens with zero attached hydrogens (tertiary/aromatic N) is 2. The van der Waals surface area contributed by atoms with Crippen LogP contribution in [0.15, 0.2) is 96.6 Å². The van der Waals surface area contributed by atoms with Crippen molar-refractivity contribution in [2.45, 2.75) is 13.8 Å². The molecule has 0 unspecified atom stereocenters. The highest BCUT2D eigenvalue weighted by Gasteiger charge is 2.43. The van der Waals surface area contributed by atoms with Crippen LogP contribution in [0.25, 0.3) is 6.08 Å². The minimum absolute atomic E-state index is 0.0835. The largest absolute Gasteiger partial charge is 0.343 e. The first-order valence-corrected chi connectivity index (χ1v) is 10.3. The van der Waals surface area contributed by atoms with Gasteiger partial charge in [-0.3, -0.25) is 9.59 Å². The minimum atomic E-state index is -0.694. The summed E-state index contributed by atoms with van der Waals surface area (Å²) in [7, 11) is 0. The van der Waals surface area contributed by atoms with Gasteiger partial charge in [-0.2, -0.15) is 0 Å². The molecular weight excluding hydrogens is 400 g/mol. The fraction of sp³-hybridized carbons (Fsp3) is 0.0741. The average molecular weight is 422 g/mol. The SMILES string of the molecule is Cc1cccc(N2C(=O)C(=CC=Cc3ccccc3)C(=O)N(c3cccc(C)c3)C2=O)c1. The van der Waals surface area contributed by atoms with E-state index >= 15 is 0 Å². The van der Waals surface area contributed by atoms with E-state index in [0.29, 0.717) is 11.4 Å². The number of benzene rings is 3. The van der Waals surface area contributed by atoms with Crippen molar-refractivity contribution >= 4 is 35.3 Å². The van der Waals surface area contributed by atoms with Crippen LogP contribution in [0.5, 0.6) is 0 Å². The standard InChI is InChI=1S/C27H22N2O3/c1-19-9-6-14-22(17-19)28-25(30)24(16-8-13-21-11-4-3-5-12-21)26(31)29(27(28)32)23-15-7-10-20(2)18-23/h3-18H,1-2H3. The number of anilines is 2. The number of barbiturate groups is 1. The molecule has 0 aliphatic carbocycles. The lowest BCUT2D eigenvalue weighted by atomic mass is 10.1. The van der Waals surface area contributed by atoms with Crippen molar-refractivity contribution in [2.24, 2.45) is 0 Å². The van der Waals surface area contributed by atoms with Gasteiger partial charge in [0.15, 0.2) is 0 Å². The Morgan fingerprint density at radius 1 is 0.656 bits per heavy atom. The number of urea groups is 1. The summed E-state index contributed by atoms with van der Waals surface area (Å²) in [6.07, 6.45) is 4.92. The lowest BCUT2D eigenvalue weighted by Crippen LogP contribution is -2.57. The van der Waals surface area contributed by atoms with Crippen molar-refractivity contribution < 1.29 is 14.4 Å². The Hall–Kier alpha value is -4.25. The van der Waals surface area contributed by atoms with Crippen molar-refractivity contribution in [2.75, 3.05) is 9.80 Å². The Morgan fingerprint density at radius 2 is 1.19 bits per heavy atom. The van der Waals surface area contributed by atoms with Gasteiger partial charge < -0.3 is 0 Å². The van der Waals surface area contributed by atoms with Crippen LogP contribution in [0.3, 0.4) is 0 Å². The third kappa shape index (κ3) is 4.14. The van der Waals surface area contributed by atoms with E-state index in [9.17, 15) is 14.4 Å². The first kappa shape index (κ1) is 21.0. The van der Waals surface area contributed by atoms with E-state index in [0.717, 1.165) is 26.5 Å². The summed E-state index contributed by atoms with van der Waals surface area (Å²) in [6, 6.07) is 23.0. The van der Waals surface area contributed by atoms with Gasteiger partial charge in [0.25, 0.3) is 11.8 Å². The van der Waals surface area contributed by atoms with Crippen LogP contribution in [0.2, 0.25) is 0 Å². The number of hydrogen-bond acceptors (Lipinski definition) is 3. The summed E-state index contributed by atoms with van der Waals surface area (Å²) in [5.41, 5.74) is 3.49. The van der Waals surface area contributed by atoms with Gasteiger partial charge in [0.05, 0.1) is 11.4 Å². The highest BCUT2D eigenvalue weighted by Crippen LogP contribution is 2.29. The van der Waals surface area contributed by atoms with Crippen molar-refractivity contribution in [3.63, 3.8) is 0 Å². The molecule has 1 aliphatic rings. The summed E-state index contributed by atoms with van der Waals surface area (Å²) in [5, 5.41) is 0. The van der Waals surface area contributed by atoms with E-state index in [-0.39, 0.29) is 5.57 Å². The number of rotatable bonds is 4. The molecule has 0 aromatic heterocycles. The van der Waals surface area contributed by atoms with Crippen LogP contribution in [0.4, 0.5) is 16.2 Å². The molecule has 3 aromatic rings. The van der Waals surface area contributed by atoms with Crippen molar-refractivity contribution in [3.05, 3.63) is 113 Å². The monoisotopic (exact) mass is 422 g/mol. The first-order chi connectivity index (χ1) is 15.5. The number of amides is 4. The van der Waals surface area contributed by atoms with Gasteiger partial charge in [0, 0.05) is 0 Å². The lowest BCUT2D eigenvalue weighted by molar-refractivity contribution is -0.121. The van der Waals surface area contributed by atoms with Gasteiger partial charge in [0.1, 0.15) is 5.57 Å². The number of hydrogen-bond donors (Lipinski definition) is 0. The van der Waals surface area contributed by atoms with Gasteiger partial charge in [0.2, 0.25) is 0 Å². The summed E-state index contributed by atoms with van der Waals surface area (Å²) in [4.78, 5) is 42.1. The lowest BCUT2D eigenvalue weighted by Gasteiger charge is -2.34. The van der Waals surface area contributed by atoms with Gasteiger partial charge in [-0.25, -0.2) is 14.6 Å². The molecule has 32 heavy (non-hydrogen) atoms. The van der Waals surface area contributed by atoms with Crippen LogP contribution in [-0.2, 0) is 9.59 Å². The normalized spacial score (nSPS) is 14.4. The molecule has 0 spiro atoms. The third-order valence-electron chi connectivity index (χ3n) is 5.12. The van der Waals surface area contributed by atoms with Crippen LogP contribution < -0.4 is 9.80 Å². The Bertz CT molecular complexity index is 1190. The Balaban J connectivity index is 1.80. The first-order valence-electron chi connectivity index (χ1n) is 10.3. The summed E-state index contributed by atoms with van der Waals surface area (Å²) in [6.45, 7) is 3.76. The number of carbonyl (C=O) groups is 3. The number of imide groups is 2. The zero-order chi connectivity index (χ0) is 22.7. The van der Waals surface area contributed by atoms with E-state index in [2.05, 4.69) is 0 Å². The quantitative estimate of drug-likeness (QED) is 0.415. The predicted molar refractivity (Wildman–Crippen MR) is 126 cm³/mol. The van der Waals surface area contributed by atoms with Crippen molar-refractivity contribution in [1.82, 2.24) is 0 Å². The van der Waals surface area contributed by atoms with Crippen molar-refractivity contribution in [3.8, 4) is 0 Å². The fourth-order valence-corrected chi connectivity index (χ4v) is 3.56.